The van der Waals surface area contributed by atoms with Crippen molar-refractivity contribution in [3.63, 3.8) is 0 Å². The minimum Gasteiger partial charge on any atom is -0.388 e. The van der Waals surface area contributed by atoms with E-state index in [-0.39, 0.29) is 0 Å². The van der Waals surface area contributed by atoms with Crippen molar-refractivity contribution in [2.45, 2.75) is 12.5 Å². The topological polar surface area (TPSA) is 40.5 Å². The molecule has 1 rings (SSSR count). The standard InChI is InChI=1S/C7H15NO2S/c1-7(9)5-8(6-7)3-4-11(2)10/h9H,3-6H2,1-2H3. The van der Waals surface area contributed by atoms with E-state index in [0.29, 0.717) is 0 Å². The molecule has 0 bridgehead atoms. The van der Waals surface area contributed by atoms with Gasteiger partial charge in [-0.1, -0.05) is 0 Å². The van der Waals surface area contributed by atoms with Gasteiger partial charge in [0.05, 0.1) is 5.60 Å². The molecule has 0 aliphatic carbocycles. The quantitative estimate of drug-likeness (QED) is 0.628. The largest absolute Gasteiger partial charge is 0.388 e. The first kappa shape index (κ1) is 9.16. The van der Waals surface area contributed by atoms with Gasteiger partial charge in [0, 0.05) is 42.4 Å². The predicted octanol–water partition coefficient (Wildman–Crippen LogP) is -0.568. The molecule has 1 atom stereocenters. The maximum Gasteiger partial charge on any atom is 0.0872 e. The van der Waals surface area contributed by atoms with Crippen LogP contribution in [0.3, 0.4) is 0 Å². The van der Waals surface area contributed by atoms with Gasteiger partial charge in [-0.25, -0.2) is 0 Å². The van der Waals surface area contributed by atoms with Crippen molar-refractivity contribution in [2.24, 2.45) is 0 Å². The molecule has 66 valence electrons. The van der Waals surface area contributed by atoms with E-state index in [9.17, 15) is 9.32 Å². The van der Waals surface area contributed by atoms with E-state index in [1.807, 2.05) is 6.92 Å². The van der Waals surface area contributed by atoms with Crippen LogP contribution in [-0.2, 0) is 10.8 Å². The van der Waals surface area contributed by atoms with Crippen LogP contribution in [0.5, 0.6) is 0 Å². The molecule has 1 aliphatic rings. The SMILES string of the molecule is CS(=O)CCN1CC(C)(O)C1. The zero-order valence-electron chi connectivity index (χ0n) is 7.04. The Balaban J connectivity index is 2.09. The second-order valence-corrected chi connectivity index (χ2v) is 5.04. The average molecular weight is 177 g/mol. The van der Waals surface area contributed by atoms with Crippen LogP contribution in [0.25, 0.3) is 0 Å². The molecule has 1 N–H and O–H groups in total. The van der Waals surface area contributed by atoms with Crippen LogP contribution < -0.4 is 0 Å². The Morgan fingerprint density at radius 1 is 1.64 bits per heavy atom. The molecule has 1 heterocycles. The fourth-order valence-corrected chi connectivity index (χ4v) is 1.85. The van der Waals surface area contributed by atoms with Gasteiger partial charge in [0.2, 0.25) is 0 Å². The van der Waals surface area contributed by atoms with Crippen LogP contribution in [-0.4, -0.2) is 51.5 Å². The zero-order valence-corrected chi connectivity index (χ0v) is 7.86. The van der Waals surface area contributed by atoms with Crippen molar-refractivity contribution in [1.82, 2.24) is 4.90 Å². The lowest BCUT2D eigenvalue weighted by Crippen LogP contribution is -2.60. The third kappa shape index (κ3) is 2.89. The van der Waals surface area contributed by atoms with Crippen LogP contribution in [0, 0.1) is 0 Å². The minimum atomic E-state index is -0.702. The number of likely N-dealkylation sites (tertiary alicyclic amines) is 1. The second-order valence-electron chi connectivity index (χ2n) is 3.48. The molecule has 0 aromatic rings. The van der Waals surface area contributed by atoms with Crippen molar-refractivity contribution in [2.75, 3.05) is 31.6 Å². The van der Waals surface area contributed by atoms with Gasteiger partial charge in [-0.15, -0.1) is 0 Å². The first-order chi connectivity index (χ1) is 4.99. The first-order valence-corrected chi connectivity index (χ1v) is 5.47. The monoisotopic (exact) mass is 177 g/mol. The lowest BCUT2D eigenvalue weighted by Gasteiger charge is -2.44. The van der Waals surface area contributed by atoms with E-state index in [1.165, 1.54) is 0 Å². The van der Waals surface area contributed by atoms with Gasteiger partial charge >= 0.3 is 0 Å². The molecule has 0 spiro atoms. The molecular formula is C7H15NO2S. The predicted molar refractivity (Wildman–Crippen MR) is 46.0 cm³/mol. The van der Waals surface area contributed by atoms with E-state index >= 15 is 0 Å². The van der Waals surface area contributed by atoms with Crippen LogP contribution in [0.4, 0.5) is 0 Å². The van der Waals surface area contributed by atoms with Crippen molar-refractivity contribution >= 4 is 10.8 Å². The smallest absolute Gasteiger partial charge is 0.0872 e. The summed E-state index contributed by atoms with van der Waals surface area (Å²) in [4.78, 5) is 2.11. The molecule has 3 nitrogen and oxygen atoms in total. The molecule has 4 heteroatoms. The van der Waals surface area contributed by atoms with Gasteiger partial charge in [0.25, 0.3) is 0 Å². The van der Waals surface area contributed by atoms with Crippen molar-refractivity contribution in [3.05, 3.63) is 0 Å². The van der Waals surface area contributed by atoms with E-state index in [4.69, 9.17) is 0 Å². The molecule has 0 saturated carbocycles. The van der Waals surface area contributed by atoms with Gasteiger partial charge in [0.1, 0.15) is 0 Å². The highest BCUT2D eigenvalue weighted by Crippen LogP contribution is 2.18. The minimum absolute atomic E-state index is 0.491. The first-order valence-electron chi connectivity index (χ1n) is 3.74. The maximum atomic E-state index is 10.7. The Labute approximate surface area is 69.9 Å². The Kier molecular flexibility index (Phi) is 2.67. The summed E-state index contributed by atoms with van der Waals surface area (Å²) in [6.45, 7) is 4.13. The summed E-state index contributed by atoms with van der Waals surface area (Å²) in [6.07, 6.45) is 1.71. The van der Waals surface area contributed by atoms with Gasteiger partial charge in [-0.3, -0.25) is 9.11 Å². The molecule has 1 unspecified atom stereocenters. The number of rotatable bonds is 3. The van der Waals surface area contributed by atoms with Crippen molar-refractivity contribution < 1.29 is 9.32 Å². The number of β-amino-alcohol motifs (C(OH)–C–C–N with tert-alkyl or cyclic N) is 1. The van der Waals surface area contributed by atoms with Crippen LogP contribution in [0.2, 0.25) is 0 Å². The summed E-state index contributed by atoms with van der Waals surface area (Å²) in [7, 11) is -0.702. The molecule has 1 saturated heterocycles. The molecule has 0 aromatic carbocycles. The van der Waals surface area contributed by atoms with Gasteiger partial charge in [-0.2, -0.15) is 0 Å². The second kappa shape index (κ2) is 3.21. The summed E-state index contributed by atoms with van der Waals surface area (Å²) >= 11 is 0. The van der Waals surface area contributed by atoms with Gasteiger partial charge in [-0.05, 0) is 6.92 Å². The summed E-state index contributed by atoms with van der Waals surface area (Å²) in [5.74, 6) is 0.718. The molecule has 1 aliphatic heterocycles. The third-order valence-electron chi connectivity index (χ3n) is 1.82. The Morgan fingerprint density at radius 3 is 2.55 bits per heavy atom. The van der Waals surface area contributed by atoms with Crippen LogP contribution in [0.1, 0.15) is 6.92 Å². The molecular weight excluding hydrogens is 162 g/mol. The lowest BCUT2D eigenvalue weighted by molar-refractivity contribution is -0.0802. The van der Waals surface area contributed by atoms with Gasteiger partial charge in [0.15, 0.2) is 0 Å². The summed E-state index contributed by atoms with van der Waals surface area (Å²) in [5, 5.41) is 9.33. The number of nitrogens with zero attached hydrogens (tertiary/aromatic N) is 1. The average Bonchev–Trinajstić information content (AvgIpc) is 1.78. The summed E-state index contributed by atoms with van der Waals surface area (Å²) < 4.78 is 10.7. The number of hydrogen-bond acceptors (Lipinski definition) is 3. The Hall–Kier alpha value is 0.0700. The highest BCUT2D eigenvalue weighted by atomic mass is 32.2. The van der Waals surface area contributed by atoms with Crippen LogP contribution >= 0.6 is 0 Å². The summed E-state index contributed by atoms with van der Waals surface area (Å²) in [6, 6.07) is 0. The van der Waals surface area contributed by atoms with E-state index < -0.39 is 16.4 Å². The third-order valence-corrected chi connectivity index (χ3v) is 2.58. The van der Waals surface area contributed by atoms with Crippen molar-refractivity contribution in [1.29, 1.82) is 0 Å². The molecule has 0 radical (unpaired) electrons. The number of aliphatic hydroxyl groups is 1. The summed E-state index contributed by atoms with van der Waals surface area (Å²) in [5.41, 5.74) is -0.491. The molecule has 0 amide bonds. The maximum absolute atomic E-state index is 10.7. The van der Waals surface area contributed by atoms with Crippen molar-refractivity contribution in [3.8, 4) is 0 Å². The Bertz CT molecular complexity index is 162. The lowest BCUT2D eigenvalue weighted by atomic mass is 9.97. The van der Waals surface area contributed by atoms with Gasteiger partial charge < -0.3 is 5.11 Å². The number of hydrogen-bond donors (Lipinski definition) is 1. The highest BCUT2D eigenvalue weighted by molar-refractivity contribution is 7.84. The van der Waals surface area contributed by atoms with E-state index in [0.717, 1.165) is 25.4 Å². The van der Waals surface area contributed by atoms with E-state index in [1.54, 1.807) is 6.26 Å². The molecule has 1 fully saturated rings. The Morgan fingerprint density at radius 2 is 2.18 bits per heavy atom. The van der Waals surface area contributed by atoms with Crippen LogP contribution in [0.15, 0.2) is 0 Å². The normalized spacial score (nSPS) is 26.1. The zero-order chi connectivity index (χ0) is 8.48. The molecule has 11 heavy (non-hydrogen) atoms. The highest BCUT2D eigenvalue weighted by Gasteiger charge is 2.35. The fourth-order valence-electron chi connectivity index (χ4n) is 1.33. The van der Waals surface area contributed by atoms with E-state index in [2.05, 4.69) is 4.90 Å². The molecule has 0 aromatic heterocycles. The fraction of sp³-hybridized carbons (Fsp3) is 1.00.